The Bertz CT molecular complexity index is 669. The van der Waals surface area contributed by atoms with Gasteiger partial charge in [0.1, 0.15) is 5.75 Å². The fourth-order valence-corrected chi connectivity index (χ4v) is 2.73. The van der Waals surface area contributed by atoms with Crippen LogP contribution in [0.25, 0.3) is 0 Å². The summed E-state index contributed by atoms with van der Waals surface area (Å²) in [6.45, 7) is 4.56. The Morgan fingerprint density at radius 3 is 2.52 bits per heavy atom. The third kappa shape index (κ3) is 6.46. The largest absolute Gasteiger partial charge is 0.497 e. The fourth-order valence-electron chi connectivity index (χ4n) is 2.10. The highest BCUT2D eigenvalue weighted by Gasteiger charge is 2.05. The highest BCUT2D eigenvalue weighted by molar-refractivity contribution is 7.09. The molecule has 0 saturated heterocycles. The molecule has 0 aliphatic heterocycles. The van der Waals surface area contributed by atoms with Gasteiger partial charge in [0.15, 0.2) is 5.96 Å². The summed E-state index contributed by atoms with van der Waals surface area (Å²) in [6.07, 6.45) is 0. The molecule has 2 rings (SSSR count). The van der Waals surface area contributed by atoms with E-state index in [0.29, 0.717) is 25.2 Å². The van der Waals surface area contributed by atoms with E-state index in [1.807, 2.05) is 18.4 Å². The van der Waals surface area contributed by atoms with Crippen LogP contribution >= 0.6 is 11.3 Å². The van der Waals surface area contributed by atoms with E-state index in [1.165, 1.54) is 4.88 Å². The van der Waals surface area contributed by atoms with Gasteiger partial charge < -0.3 is 20.7 Å². The molecular formula is C18H24N4O2S. The van der Waals surface area contributed by atoms with Gasteiger partial charge >= 0.3 is 0 Å². The van der Waals surface area contributed by atoms with Crippen molar-refractivity contribution in [3.63, 3.8) is 0 Å². The van der Waals surface area contributed by atoms with Gasteiger partial charge in [0.25, 0.3) is 5.91 Å². The number of benzene rings is 1. The summed E-state index contributed by atoms with van der Waals surface area (Å²) in [5, 5.41) is 11.3. The summed E-state index contributed by atoms with van der Waals surface area (Å²) in [4.78, 5) is 17.8. The molecule has 6 nitrogen and oxygen atoms in total. The summed E-state index contributed by atoms with van der Waals surface area (Å²) in [5.41, 5.74) is 0.610. The van der Waals surface area contributed by atoms with Crippen LogP contribution in [-0.4, -0.2) is 38.6 Å². The van der Waals surface area contributed by atoms with Gasteiger partial charge in [0, 0.05) is 30.1 Å². The third-order valence-corrected chi connectivity index (χ3v) is 4.23. The molecule has 0 bridgehead atoms. The van der Waals surface area contributed by atoms with Crippen molar-refractivity contribution in [1.82, 2.24) is 16.0 Å². The Hall–Kier alpha value is -2.54. The van der Waals surface area contributed by atoms with Crippen LogP contribution in [-0.2, 0) is 6.54 Å². The standard InChI is InChI=1S/C18H24N4O2S/c1-3-19-18(22-13-16-5-4-12-25-16)21-11-10-20-17(23)14-6-8-15(24-2)9-7-14/h4-9,12H,3,10-11,13H2,1-2H3,(H,20,23)(H2,19,21,22). The van der Waals surface area contributed by atoms with Crippen LogP contribution in [0.4, 0.5) is 0 Å². The van der Waals surface area contributed by atoms with Gasteiger partial charge in [-0.25, -0.2) is 4.99 Å². The monoisotopic (exact) mass is 360 g/mol. The number of thiophene rings is 1. The molecule has 0 aliphatic carbocycles. The SMILES string of the molecule is CCNC(=NCc1cccs1)NCCNC(=O)c1ccc(OC)cc1. The minimum atomic E-state index is -0.107. The van der Waals surface area contributed by atoms with E-state index in [4.69, 9.17) is 4.74 Å². The maximum atomic E-state index is 12.1. The van der Waals surface area contributed by atoms with E-state index in [2.05, 4.69) is 27.0 Å². The number of rotatable bonds is 8. The number of aliphatic imine (C=N–C) groups is 1. The van der Waals surface area contributed by atoms with Crippen molar-refractivity contribution in [2.24, 2.45) is 4.99 Å². The highest BCUT2D eigenvalue weighted by atomic mass is 32.1. The number of carbonyl (C=O) groups excluding carboxylic acids is 1. The molecule has 1 aromatic carbocycles. The maximum absolute atomic E-state index is 12.1. The third-order valence-electron chi connectivity index (χ3n) is 3.37. The number of carbonyl (C=O) groups is 1. The zero-order valence-corrected chi connectivity index (χ0v) is 15.4. The fraction of sp³-hybridized carbons (Fsp3) is 0.333. The molecule has 7 heteroatoms. The first kappa shape index (κ1) is 18.8. The normalized spacial score (nSPS) is 11.0. The van der Waals surface area contributed by atoms with Crippen LogP contribution < -0.4 is 20.7 Å². The summed E-state index contributed by atoms with van der Waals surface area (Å²) in [5.74, 6) is 1.37. The molecule has 0 atom stereocenters. The number of nitrogens with zero attached hydrogens (tertiary/aromatic N) is 1. The first-order valence-electron chi connectivity index (χ1n) is 8.19. The Morgan fingerprint density at radius 2 is 1.88 bits per heavy atom. The lowest BCUT2D eigenvalue weighted by Gasteiger charge is -2.12. The molecule has 0 aliphatic rings. The molecule has 0 radical (unpaired) electrons. The van der Waals surface area contributed by atoms with Crippen LogP contribution in [0, 0.1) is 0 Å². The molecule has 1 amide bonds. The average Bonchev–Trinajstić information content (AvgIpc) is 3.16. The highest BCUT2D eigenvalue weighted by Crippen LogP contribution is 2.11. The molecule has 0 saturated carbocycles. The van der Waals surface area contributed by atoms with Crippen molar-refractivity contribution < 1.29 is 9.53 Å². The average molecular weight is 360 g/mol. The van der Waals surface area contributed by atoms with Gasteiger partial charge in [-0.2, -0.15) is 0 Å². The molecule has 0 spiro atoms. The summed E-state index contributed by atoms with van der Waals surface area (Å²) >= 11 is 1.69. The van der Waals surface area contributed by atoms with E-state index < -0.39 is 0 Å². The van der Waals surface area contributed by atoms with Crippen molar-refractivity contribution in [3.8, 4) is 5.75 Å². The zero-order valence-electron chi connectivity index (χ0n) is 14.5. The molecule has 1 aromatic heterocycles. The second-order valence-electron chi connectivity index (χ2n) is 5.19. The summed E-state index contributed by atoms with van der Waals surface area (Å²) in [6, 6.07) is 11.1. The van der Waals surface area contributed by atoms with Crippen molar-refractivity contribution in [1.29, 1.82) is 0 Å². The van der Waals surface area contributed by atoms with Gasteiger partial charge in [-0.05, 0) is 42.6 Å². The van der Waals surface area contributed by atoms with Gasteiger partial charge in [-0.15, -0.1) is 11.3 Å². The van der Waals surface area contributed by atoms with Crippen molar-refractivity contribution >= 4 is 23.2 Å². The van der Waals surface area contributed by atoms with Gasteiger partial charge in [0.2, 0.25) is 0 Å². The number of hydrogen-bond acceptors (Lipinski definition) is 4. The molecule has 2 aromatic rings. The van der Waals surface area contributed by atoms with Crippen LogP contribution in [0.2, 0.25) is 0 Å². The van der Waals surface area contributed by atoms with Crippen LogP contribution in [0.5, 0.6) is 5.75 Å². The minimum Gasteiger partial charge on any atom is -0.497 e. The molecule has 1 heterocycles. The summed E-state index contributed by atoms with van der Waals surface area (Å²) in [7, 11) is 1.60. The van der Waals surface area contributed by atoms with Crippen molar-refractivity contribution in [2.75, 3.05) is 26.7 Å². The number of hydrogen-bond donors (Lipinski definition) is 3. The Kier molecular flexibility index (Phi) is 7.78. The predicted octanol–water partition coefficient (Wildman–Crippen LogP) is 2.24. The molecule has 0 unspecified atom stereocenters. The predicted molar refractivity (Wildman–Crippen MR) is 102 cm³/mol. The minimum absolute atomic E-state index is 0.107. The number of amides is 1. The Morgan fingerprint density at radius 1 is 1.12 bits per heavy atom. The van der Waals surface area contributed by atoms with E-state index in [-0.39, 0.29) is 5.91 Å². The van der Waals surface area contributed by atoms with Crippen LogP contribution in [0.3, 0.4) is 0 Å². The first-order chi connectivity index (χ1) is 12.2. The second kappa shape index (κ2) is 10.4. The molecule has 134 valence electrons. The van der Waals surface area contributed by atoms with Crippen molar-refractivity contribution in [3.05, 3.63) is 52.2 Å². The van der Waals surface area contributed by atoms with Crippen LogP contribution in [0.15, 0.2) is 46.8 Å². The smallest absolute Gasteiger partial charge is 0.251 e. The zero-order chi connectivity index (χ0) is 17.9. The second-order valence-corrected chi connectivity index (χ2v) is 6.22. The Balaban J connectivity index is 1.75. The lowest BCUT2D eigenvalue weighted by molar-refractivity contribution is 0.0954. The van der Waals surface area contributed by atoms with Gasteiger partial charge in [-0.1, -0.05) is 6.07 Å². The number of nitrogens with one attached hydrogen (secondary N) is 3. The number of ether oxygens (including phenoxy) is 1. The topological polar surface area (TPSA) is 74.8 Å². The molecule has 0 fully saturated rings. The quantitative estimate of drug-likeness (QED) is 0.383. The lowest BCUT2D eigenvalue weighted by Crippen LogP contribution is -2.41. The number of guanidine groups is 1. The first-order valence-corrected chi connectivity index (χ1v) is 9.07. The van der Waals surface area contributed by atoms with E-state index >= 15 is 0 Å². The van der Waals surface area contributed by atoms with Gasteiger partial charge in [-0.3, -0.25) is 4.79 Å². The van der Waals surface area contributed by atoms with E-state index in [1.54, 1.807) is 42.7 Å². The molecular weight excluding hydrogens is 336 g/mol. The molecule has 3 N–H and O–H groups in total. The summed E-state index contributed by atoms with van der Waals surface area (Å²) < 4.78 is 5.09. The molecule has 25 heavy (non-hydrogen) atoms. The number of methoxy groups -OCH3 is 1. The Labute approximate surface area is 152 Å². The van der Waals surface area contributed by atoms with E-state index in [0.717, 1.165) is 18.3 Å². The van der Waals surface area contributed by atoms with Crippen molar-refractivity contribution in [2.45, 2.75) is 13.5 Å². The lowest BCUT2D eigenvalue weighted by atomic mass is 10.2. The van der Waals surface area contributed by atoms with Gasteiger partial charge in [0.05, 0.1) is 13.7 Å². The van der Waals surface area contributed by atoms with E-state index in [9.17, 15) is 4.79 Å². The van der Waals surface area contributed by atoms with Crippen LogP contribution in [0.1, 0.15) is 22.2 Å². The maximum Gasteiger partial charge on any atom is 0.251 e.